The number of benzene rings is 2. The maximum absolute atomic E-state index is 12.4. The van der Waals surface area contributed by atoms with Gasteiger partial charge < -0.3 is 10.1 Å². The van der Waals surface area contributed by atoms with E-state index in [1.807, 2.05) is 32.0 Å². The predicted molar refractivity (Wildman–Crippen MR) is 102 cm³/mol. The van der Waals surface area contributed by atoms with Crippen LogP contribution in [0, 0.1) is 13.8 Å². The highest BCUT2D eigenvalue weighted by Gasteiger charge is 2.18. The quantitative estimate of drug-likeness (QED) is 0.717. The summed E-state index contributed by atoms with van der Waals surface area (Å²) in [6.07, 6.45) is 0. The number of aryl methyl sites for hydroxylation is 3. The average molecular weight is 365 g/mol. The van der Waals surface area contributed by atoms with Crippen LogP contribution in [0.2, 0.25) is 0 Å². The number of amides is 1. The zero-order valence-corrected chi connectivity index (χ0v) is 15.3. The number of carbonyl (C=O) groups is 2. The minimum Gasteiger partial charge on any atom is -0.451 e. The lowest BCUT2D eigenvalue weighted by atomic mass is 10.1. The zero-order chi connectivity index (χ0) is 19.6. The second-order valence-corrected chi connectivity index (χ2v) is 6.32. The number of rotatable bonds is 4. The Morgan fingerprint density at radius 3 is 2.37 bits per heavy atom. The lowest BCUT2D eigenvalue weighted by Crippen LogP contribution is -2.26. The molecule has 3 aromatic rings. The van der Waals surface area contributed by atoms with Crippen LogP contribution in [0.4, 0.5) is 5.69 Å². The van der Waals surface area contributed by atoms with Gasteiger partial charge in [-0.2, -0.15) is 5.10 Å². The van der Waals surface area contributed by atoms with Crippen molar-refractivity contribution in [3.63, 3.8) is 0 Å². The van der Waals surface area contributed by atoms with Gasteiger partial charge >= 0.3 is 5.97 Å². The molecule has 2 aromatic carbocycles. The number of aromatic nitrogens is 2. The Morgan fingerprint density at radius 1 is 1.07 bits per heavy atom. The van der Waals surface area contributed by atoms with E-state index in [-0.39, 0.29) is 11.3 Å². The standard InChI is InChI=1S/C20H19N3O4/c1-12-8-13(2)10-14(9-12)21-17(24)11-27-20(26)18-15-6-4-5-7-16(15)19(25)23(3)22-18/h4-10H,11H2,1-3H3,(H,21,24). The van der Waals surface area contributed by atoms with E-state index in [1.165, 1.54) is 7.05 Å². The largest absolute Gasteiger partial charge is 0.451 e. The molecule has 7 heteroatoms. The molecular formula is C20H19N3O4. The van der Waals surface area contributed by atoms with Gasteiger partial charge in [-0.05, 0) is 43.2 Å². The molecule has 0 bridgehead atoms. The topological polar surface area (TPSA) is 90.3 Å². The number of fused-ring (bicyclic) bond motifs is 1. The van der Waals surface area contributed by atoms with Crippen LogP contribution in [0.3, 0.4) is 0 Å². The zero-order valence-electron chi connectivity index (χ0n) is 15.3. The number of anilines is 1. The number of ether oxygens (including phenoxy) is 1. The van der Waals surface area contributed by atoms with Crippen molar-refractivity contribution in [2.24, 2.45) is 7.05 Å². The van der Waals surface area contributed by atoms with Crippen molar-refractivity contribution in [2.45, 2.75) is 13.8 Å². The molecule has 0 fully saturated rings. The van der Waals surface area contributed by atoms with Crippen LogP contribution in [0.15, 0.2) is 47.3 Å². The van der Waals surface area contributed by atoms with E-state index >= 15 is 0 Å². The first kappa shape index (κ1) is 18.3. The molecule has 27 heavy (non-hydrogen) atoms. The Kier molecular flexibility index (Phi) is 5.03. The molecule has 0 radical (unpaired) electrons. The summed E-state index contributed by atoms with van der Waals surface area (Å²) < 4.78 is 6.17. The van der Waals surface area contributed by atoms with Gasteiger partial charge in [-0.3, -0.25) is 9.59 Å². The van der Waals surface area contributed by atoms with E-state index in [2.05, 4.69) is 10.4 Å². The monoisotopic (exact) mass is 365 g/mol. The van der Waals surface area contributed by atoms with Crippen LogP contribution in [-0.4, -0.2) is 28.3 Å². The van der Waals surface area contributed by atoms with Crippen LogP contribution in [0.25, 0.3) is 10.8 Å². The third kappa shape index (κ3) is 4.03. The molecule has 0 saturated carbocycles. The first-order chi connectivity index (χ1) is 12.8. The molecule has 0 atom stereocenters. The Labute approximate surface area is 155 Å². The van der Waals surface area contributed by atoms with Crippen molar-refractivity contribution in [1.82, 2.24) is 9.78 Å². The Balaban J connectivity index is 1.74. The van der Waals surface area contributed by atoms with Gasteiger partial charge in [0, 0.05) is 18.1 Å². The fourth-order valence-electron chi connectivity index (χ4n) is 2.89. The van der Waals surface area contributed by atoms with E-state index in [0.29, 0.717) is 16.5 Å². The van der Waals surface area contributed by atoms with Crippen molar-refractivity contribution < 1.29 is 14.3 Å². The Hall–Kier alpha value is -3.48. The molecule has 1 heterocycles. The highest BCUT2D eigenvalue weighted by Crippen LogP contribution is 2.15. The van der Waals surface area contributed by atoms with Crippen molar-refractivity contribution in [3.05, 3.63) is 69.6 Å². The fraction of sp³-hybridized carbons (Fsp3) is 0.200. The number of hydrogen-bond acceptors (Lipinski definition) is 5. The van der Waals surface area contributed by atoms with E-state index in [0.717, 1.165) is 15.8 Å². The average Bonchev–Trinajstić information content (AvgIpc) is 2.62. The third-order valence-corrected chi connectivity index (χ3v) is 3.99. The van der Waals surface area contributed by atoms with E-state index in [4.69, 9.17) is 4.74 Å². The molecule has 0 aliphatic carbocycles. The first-order valence-electron chi connectivity index (χ1n) is 8.36. The van der Waals surface area contributed by atoms with Crippen LogP contribution in [-0.2, 0) is 16.6 Å². The number of hydrogen-bond donors (Lipinski definition) is 1. The number of nitrogens with zero attached hydrogens (tertiary/aromatic N) is 2. The SMILES string of the molecule is Cc1cc(C)cc(NC(=O)COC(=O)c2nn(C)c(=O)c3ccccc23)c1. The summed E-state index contributed by atoms with van der Waals surface area (Å²) in [7, 11) is 1.46. The summed E-state index contributed by atoms with van der Waals surface area (Å²) in [5, 5.41) is 7.43. The summed E-state index contributed by atoms with van der Waals surface area (Å²) in [6, 6.07) is 12.3. The molecule has 1 amide bonds. The van der Waals surface area contributed by atoms with Gasteiger partial charge in [-0.15, -0.1) is 0 Å². The molecule has 0 aliphatic heterocycles. The smallest absolute Gasteiger partial charge is 0.359 e. The van der Waals surface area contributed by atoms with Crippen molar-refractivity contribution >= 4 is 28.3 Å². The highest BCUT2D eigenvalue weighted by atomic mass is 16.5. The maximum atomic E-state index is 12.4. The van der Waals surface area contributed by atoms with Crippen LogP contribution < -0.4 is 10.9 Å². The van der Waals surface area contributed by atoms with Crippen LogP contribution >= 0.6 is 0 Å². The molecule has 138 valence electrons. The molecule has 1 aromatic heterocycles. The summed E-state index contributed by atoms with van der Waals surface area (Å²) in [5.74, 6) is -1.22. The lowest BCUT2D eigenvalue weighted by Gasteiger charge is -2.10. The Bertz CT molecular complexity index is 1080. The van der Waals surface area contributed by atoms with Gasteiger partial charge in [0.1, 0.15) is 0 Å². The van der Waals surface area contributed by atoms with Crippen LogP contribution in [0.1, 0.15) is 21.6 Å². The van der Waals surface area contributed by atoms with Gasteiger partial charge in [0.05, 0.1) is 5.39 Å². The van der Waals surface area contributed by atoms with Crippen molar-refractivity contribution in [2.75, 3.05) is 11.9 Å². The van der Waals surface area contributed by atoms with Crippen molar-refractivity contribution in [1.29, 1.82) is 0 Å². The molecule has 0 spiro atoms. The van der Waals surface area contributed by atoms with Crippen molar-refractivity contribution in [3.8, 4) is 0 Å². The number of nitrogens with one attached hydrogen (secondary N) is 1. The summed E-state index contributed by atoms with van der Waals surface area (Å²) in [6.45, 7) is 3.41. The summed E-state index contributed by atoms with van der Waals surface area (Å²) in [4.78, 5) is 36.6. The molecule has 1 N–H and O–H groups in total. The molecule has 3 rings (SSSR count). The number of esters is 1. The van der Waals surface area contributed by atoms with Crippen LogP contribution in [0.5, 0.6) is 0 Å². The Morgan fingerprint density at radius 2 is 1.70 bits per heavy atom. The van der Waals surface area contributed by atoms with E-state index in [9.17, 15) is 14.4 Å². The maximum Gasteiger partial charge on any atom is 0.359 e. The minimum absolute atomic E-state index is 0.00750. The summed E-state index contributed by atoms with van der Waals surface area (Å²) >= 11 is 0. The summed E-state index contributed by atoms with van der Waals surface area (Å²) in [5.41, 5.74) is 2.35. The normalized spacial score (nSPS) is 10.6. The fourth-order valence-corrected chi connectivity index (χ4v) is 2.89. The number of carbonyl (C=O) groups excluding carboxylic acids is 2. The van der Waals surface area contributed by atoms with E-state index < -0.39 is 18.5 Å². The molecule has 7 nitrogen and oxygen atoms in total. The van der Waals surface area contributed by atoms with Gasteiger partial charge in [0.25, 0.3) is 11.5 Å². The minimum atomic E-state index is -0.766. The highest BCUT2D eigenvalue weighted by molar-refractivity contribution is 6.03. The second-order valence-electron chi connectivity index (χ2n) is 6.32. The van der Waals surface area contributed by atoms with Gasteiger partial charge in [-0.1, -0.05) is 24.3 Å². The third-order valence-electron chi connectivity index (χ3n) is 3.99. The molecule has 0 unspecified atom stereocenters. The molecular weight excluding hydrogens is 346 g/mol. The second kappa shape index (κ2) is 7.41. The predicted octanol–water partition coefficient (Wildman–Crippen LogP) is 2.35. The first-order valence-corrected chi connectivity index (χ1v) is 8.36. The lowest BCUT2D eigenvalue weighted by molar-refractivity contribution is -0.119. The van der Waals surface area contributed by atoms with E-state index in [1.54, 1.807) is 24.3 Å². The van der Waals surface area contributed by atoms with Gasteiger partial charge in [0.2, 0.25) is 0 Å². The van der Waals surface area contributed by atoms with Gasteiger partial charge in [-0.25, -0.2) is 9.48 Å². The van der Waals surface area contributed by atoms with Gasteiger partial charge in [0.15, 0.2) is 12.3 Å². The molecule has 0 aliphatic rings. The molecule has 0 saturated heterocycles.